The van der Waals surface area contributed by atoms with Crippen LogP contribution in [0.15, 0.2) is 23.0 Å². The Labute approximate surface area is 99.7 Å². The molecule has 0 saturated heterocycles. The molecule has 3 nitrogen and oxygen atoms in total. The van der Waals surface area contributed by atoms with Gasteiger partial charge >= 0.3 is 0 Å². The Morgan fingerprint density at radius 1 is 1.31 bits per heavy atom. The minimum absolute atomic E-state index is 0.108. The highest BCUT2D eigenvalue weighted by Crippen LogP contribution is 2.14. The van der Waals surface area contributed by atoms with Gasteiger partial charge < -0.3 is 0 Å². The maximum atomic E-state index is 11.7. The van der Waals surface area contributed by atoms with E-state index < -0.39 is 0 Å². The number of hydrogen-bond acceptors (Lipinski definition) is 2. The molecule has 2 aromatic rings. The SMILES string of the molecule is CC.Cc1cccc2c(=O)n(C)c(Cl)nc12. The molecule has 0 bridgehead atoms. The van der Waals surface area contributed by atoms with Crippen molar-refractivity contribution in [2.24, 2.45) is 7.05 Å². The van der Waals surface area contributed by atoms with Crippen molar-refractivity contribution in [3.8, 4) is 0 Å². The molecule has 0 saturated carbocycles. The molecular weight excluding hydrogens is 224 g/mol. The lowest BCUT2D eigenvalue weighted by atomic mass is 10.1. The van der Waals surface area contributed by atoms with E-state index in [0.717, 1.165) is 5.56 Å². The second-order valence-electron chi connectivity index (χ2n) is 3.22. The van der Waals surface area contributed by atoms with Crippen LogP contribution in [0.1, 0.15) is 19.4 Å². The average molecular weight is 239 g/mol. The monoisotopic (exact) mass is 238 g/mol. The van der Waals surface area contributed by atoms with Crippen molar-refractivity contribution in [2.75, 3.05) is 0 Å². The van der Waals surface area contributed by atoms with Gasteiger partial charge in [-0.05, 0) is 30.2 Å². The number of halogens is 1. The first kappa shape index (κ1) is 12.7. The number of nitrogens with zero attached hydrogens (tertiary/aromatic N) is 2. The molecule has 0 amide bonds. The van der Waals surface area contributed by atoms with E-state index >= 15 is 0 Å². The smallest absolute Gasteiger partial charge is 0.262 e. The van der Waals surface area contributed by atoms with Crippen molar-refractivity contribution in [3.63, 3.8) is 0 Å². The highest BCUT2D eigenvalue weighted by molar-refractivity contribution is 6.28. The number of fused-ring (bicyclic) bond motifs is 1. The molecular formula is C12H15ClN2O. The molecule has 1 aromatic carbocycles. The second kappa shape index (κ2) is 5.12. The van der Waals surface area contributed by atoms with Gasteiger partial charge in [-0.25, -0.2) is 4.98 Å². The van der Waals surface area contributed by atoms with Crippen molar-refractivity contribution in [1.29, 1.82) is 0 Å². The van der Waals surface area contributed by atoms with Crippen LogP contribution < -0.4 is 5.56 Å². The van der Waals surface area contributed by atoms with Gasteiger partial charge in [0.15, 0.2) is 0 Å². The standard InChI is InChI=1S/C10H9ClN2O.C2H6/c1-6-4-3-5-7-8(6)12-10(11)13(2)9(7)14;1-2/h3-5H,1-2H3;1-2H3. The Bertz CT molecular complexity index is 561. The number of para-hydroxylation sites is 1. The molecule has 0 aliphatic carbocycles. The molecule has 0 unspecified atom stereocenters. The molecule has 0 radical (unpaired) electrons. The summed E-state index contributed by atoms with van der Waals surface area (Å²) in [6.45, 7) is 5.91. The molecule has 0 atom stereocenters. The molecule has 2 rings (SSSR count). The van der Waals surface area contributed by atoms with Gasteiger partial charge in [-0.2, -0.15) is 0 Å². The molecule has 1 aromatic heterocycles. The molecule has 0 N–H and O–H groups in total. The van der Waals surface area contributed by atoms with E-state index in [-0.39, 0.29) is 10.8 Å². The average Bonchev–Trinajstić information content (AvgIpc) is 2.31. The third kappa shape index (κ3) is 2.09. The van der Waals surface area contributed by atoms with Crippen LogP contribution in [-0.2, 0) is 7.05 Å². The van der Waals surface area contributed by atoms with Gasteiger partial charge in [0.1, 0.15) is 0 Å². The first-order valence-corrected chi connectivity index (χ1v) is 5.61. The molecule has 1 heterocycles. The first-order valence-electron chi connectivity index (χ1n) is 5.23. The molecule has 4 heteroatoms. The summed E-state index contributed by atoms with van der Waals surface area (Å²) in [6.07, 6.45) is 0. The predicted molar refractivity (Wildman–Crippen MR) is 68.1 cm³/mol. The van der Waals surface area contributed by atoms with Gasteiger partial charge in [0.05, 0.1) is 10.9 Å². The van der Waals surface area contributed by atoms with E-state index in [0.29, 0.717) is 10.9 Å². The molecule has 86 valence electrons. The minimum Gasteiger partial charge on any atom is -0.286 e. The zero-order valence-electron chi connectivity index (χ0n) is 9.91. The molecule has 16 heavy (non-hydrogen) atoms. The summed E-state index contributed by atoms with van der Waals surface area (Å²) in [5, 5.41) is 0.828. The van der Waals surface area contributed by atoms with Crippen LogP contribution in [-0.4, -0.2) is 9.55 Å². The van der Waals surface area contributed by atoms with E-state index in [1.807, 2.05) is 32.9 Å². The number of rotatable bonds is 0. The zero-order chi connectivity index (χ0) is 12.3. The van der Waals surface area contributed by atoms with Crippen LogP contribution in [0.5, 0.6) is 0 Å². The van der Waals surface area contributed by atoms with Gasteiger partial charge in [-0.1, -0.05) is 26.0 Å². The lowest BCUT2D eigenvalue weighted by molar-refractivity contribution is 0.843. The van der Waals surface area contributed by atoms with Crippen LogP contribution in [0.25, 0.3) is 10.9 Å². The van der Waals surface area contributed by atoms with Crippen LogP contribution in [0.2, 0.25) is 5.28 Å². The van der Waals surface area contributed by atoms with Crippen molar-refractivity contribution in [1.82, 2.24) is 9.55 Å². The third-order valence-electron chi connectivity index (χ3n) is 2.25. The molecule has 0 spiro atoms. The van der Waals surface area contributed by atoms with Crippen molar-refractivity contribution in [2.45, 2.75) is 20.8 Å². The van der Waals surface area contributed by atoms with Gasteiger partial charge in [0.2, 0.25) is 5.28 Å². The number of hydrogen-bond donors (Lipinski definition) is 0. The van der Waals surface area contributed by atoms with Crippen LogP contribution in [0.4, 0.5) is 0 Å². The van der Waals surface area contributed by atoms with Crippen LogP contribution in [0, 0.1) is 6.92 Å². The van der Waals surface area contributed by atoms with Crippen LogP contribution >= 0.6 is 11.6 Å². The third-order valence-corrected chi connectivity index (χ3v) is 2.59. The molecule has 0 fully saturated rings. The Morgan fingerprint density at radius 2 is 1.94 bits per heavy atom. The highest BCUT2D eigenvalue weighted by atomic mass is 35.5. The van der Waals surface area contributed by atoms with Gasteiger partial charge in [-0.3, -0.25) is 9.36 Å². The lowest BCUT2D eigenvalue weighted by Gasteiger charge is -2.04. The summed E-state index contributed by atoms with van der Waals surface area (Å²) in [5.74, 6) is 0. The van der Waals surface area contributed by atoms with Crippen molar-refractivity contribution >= 4 is 22.5 Å². The van der Waals surface area contributed by atoms with E-state index in [9.17, 15) is 4.79 Å². The summed E-state index contributed by atoms with van der Waals surface area (Å²) < 4.78 is 1.34. The minimum atomic E-state index is -0.108. The fraction of sp³-hybridized carbons (Fsp3) is 0.333. The lowest BCUT2D eigenvalue weighted by Crippen LogP contribution is -2.18. The largest absolute Gasteiger partial charge is 0.286 e. The van der Waals surface area contributed by atoms with E-state index in [1.54, 1.807) is 13.1 Å². The van der Waals surface area contributed by atoms with Crippen molar-refractivity contribution in [3.05, 3.63) is 39.4 Å². The highest BCUT2D eigenvalue weighted by Gasteiger charge is 2.06. The topological polar surface area (TPSA) is 34.9 Å². The summed E-state index contributed by atoms with van der Waals surface area (Å²) in [4.78, 5) is 15.9. The predicted octanol–water partition coefficient (Wildman–Crippen LogP) is 2.92. The Morgan fingerprint density at radius 3 is 2.56 bits per heavy atom. The maximum absolute atomic E-state index is 11.7. The quantitative estimate of drug-likeness (QED) is 0.662. The zero-order valence-corrected chi connectivity index (χ0v) is 10.7. The van der Waals surface area contributed by atoms with Crippen molar-refractivity contribution < 1.29 is 0 Å². The fourth-order valence-corrected chi connectivity index (χ4v) is 1.57. The number of aromatic nitrogens is 2. The van der Waals surface area contributed by atoms with Gasteiger partial charge in [-0.15, -0.1) is 0 Å². The van der Waals surface area contributed by atoms with Gasteiger partial charge in [0.25, 0.3) is 5.56 Å². The Balaban J connectivity index is 0.000000606. The Kier molecular flexibility index (Phi) is 4.07. The summed E-state index contributed by atoms with van der Waals surface area (Å²) in [7, 11) is 1.61. The first-order chi connectivity index (χ1) is 7.61. The fourth-order valence-electron chi connectivity index (χ4n) is 1.41. The number of benzene rings is 1. The van der Waals surface area contributed by atoms with E-state index in [2.05, 4.69) is 4.98 Å². The number of aryl methyl sites for hydroxylation is 1. The molecule has 0 aliphatic heterocycles. The van der Waals surface area contributed by atoms with Gasteiger partial charge in [0, 0.05) is 7.05 Å². The summed E-state index contributed by atoms with van der Waals surface area (Å²) in [6, 6.07) is 5.51. The maximum Gasteiger partial charge on any atom is 0.262 e. The Hall–Kier alpha value is -1.35. The molecule has 0 aliphatic rings. The normalized spacial score (nSPS) is 9.81. The van der Waals surface area contributed by atoms with E-state index in [4.69, 9.17) is 11.6 Å². The summed E-state index contributed by atoms with van der Waals surface area (Å²) in [5.41, 5.74) is 1.53. The second-order valence-corrected chi connectivity index (χ2v) is 3.55. The van der Waals surface area contributed by atoms with Crippen LogP contribution in [0.3, 0.4) is 0 Å². The van der Waals surface area contributed by atoms with E-state index in [1.165, 1.54) is 4.57 Å². The summed E-state index contributed by atoms with van der Waals surface area (Å²) >= 11 is 5.82.